The molecule has 2 amide bonds. The molecule has 0 atom stereocenters. The number of benzene rings is 1. The van der Waals surface area contributed by atoms with E-state index in [0.29, 0.717) is 22.5 Å². The number of hydrogen-bond donors (Lipinski definition) is 2. The van der Waals surface area contributed by atoms with Gasteiger partial charge in [0.1, 0.15) is 11.6 Å². The number of allylic oxidation sites excluding steroid dienone is 1. The number of rotatable bonds is 7. The highest BCUT2D eigenvalue weighted by Crippen LogP contribution is 2.22. The third kappa shape index (κ3) is 4.99. The van der Waals surface area contributed by atoms with Crippen LogP contribution in [0.3, 0.4) is 0 Å². The van der Waals surface area contributed by atoms with Gasteiger partial charge in [-0.1, -0.05) is 29.4 Å². The van der Waals surface area contributed by atoms with Crippen molar-refractivity contribution in [2.75, 3.05) is 12.9 Å². The summed E-state index contributed by atoms with van der Waals surface area (Å²) in [5.41, 5.74) is 4.89. The normalized spacial score (nSPS) is 10.3. The van der Waals surface area contributed by atoms with Crippen molar-refractivity contribution < 1.29 is 14.3 Å². The van der Waals surface area contributed by atoms with Crippen molar-refractivity contribution in [1.29, 1.82) is 0 Å². The van der Waals surface area contributed by atoms with Crippen molar-refractivity contribution in [2.45, 2.75) is 18.6 Å². The average Bonchev–Trinajstić information content (AvgIpc) is 2.98. The molecule has 26 heavy (non-hydrogen) atoms. The van der Waals surface area contributed by atoms with Gasteiger partial charge in [-0.25, -0.2) is 0 Å². The highest BCUT2D eigenvalue weighted by atomic mass is 35.5. The van der Waals surface area contributed by atoms with E-state index < -0.39 is 11.8 Å². The minimum absolute atomic E-state index is 0.0578. The Morgan fingerprint density at radius 2 is 2.15 bits per heavy atom. The maximum atomic E-state index is 12.2. The zero-order valence-electron chi connectivity index (χ0n) is 14.3. The predicted octanol–water partition coefficient (Wildman–Crippen LogP) is 1.99. The van der Waals surface area contributed by atoms with Crippen LogP contribution in [0.4, 0.5) is 0 Å². The van der Waals surface area contributed by atoms with Crippen molar-refractivity contribution in [2.24, 2.45) is 0 Å². The molecule has 0 aliphatic carbocycles. The summed E-state index contributed by atoms with van der Waals surface area (Å²) in [6, 6.07) is 4.63. The summed E-state index contributed by atoms with van der Waals surface area (Å²) in [5.74, 6) is 0.212. The molecular weight excluding hydrogens is 378 g/mol. The molecule has 0 saturated heterocycles. The second-order valence-electron chi connectivity index (χ2n) is 5.06. The Morgan fingerprint density at radius 1 is 1.38 bits per heavy atom. The van der Waals surface area contributed by atoms with Crippen LogP contribution in [-0.2, 0) is 11.3 Å². The van der Waals surface area contributed by atoms with Crippen LogP contribution in [-0.4, -0.2) is 39.4 Å². The molecule has 0 spiro atoms. The van der Waals surface area contributed by atoms with E-state index in [1.165, 1.54) is 24.9 Å². The van der Waals surface area contributed by atoms with E-state index in [2.05, 4.69) is 27.6 Å². The number of carbonyl (C=O) groups is 2. The number of halogens is 1. The van der Waals surface area contributed by atoms with E-state index in [0.717, 1.165) is 5.82 Å². The largest absolute Gasteiger partial charge is 0.496 e. The summed E-state index contributed by atoms with van der Waals surface area (Å²) in [4.78, 5) is 24.2. The Kier molecular flexibility index (Phi) is 7.05. The zero-order valence-corrected chi connectivity index (χ0v) is 15.9. The first-order chi connectivity index (χ1) is 12.5. The van der Waals surface area contributed by atoms with Crippen LogP contribution in [0.15, 0.2) is 36.0 Å². The number of aromatic nitrogens is 3. The molecule has 0 bridgehead atoms. The summed E-state index contributed by atoms with van der Waals surface area (Å²) in [6.45, 7) is 6.05. The van der Waals surface area contributed by atoms with E-state index >= 15 is 0 Å². The molecule has 1 aromatic heterocycles. The van der Waals surface area contributed by atoms with Crippen molar-refractivity contribution in [3.63, 3.8) is 0 Å². The number of thioether (sulfide) groups is 1. The monoisotopic (exact) mass is 395 g/mol. The highest BCUT2D eigenvalue weighted by molar-refractivity contribution is 7.99. The molecule has 2 rings (SSSR count). The summed E-state index contributed by atoms with van der Waals surface area (Å²) in [5, 5.41) is 8.96. The van der Waals surface area contributed by atoms with Gasteiger partial charge in [0, 0.05) is 11.6 Å². The molecule has 138 valence electrons. The lowest BCUT2D eigenvalue weighted by Gasteiger charge is -2.10. The Hall–Kier alpha value is -2.52. The quantitative estimate of drug-likeness (QED) is 0.422. The van der Waals surface area contributed by atoms with Crippen LogP contribution in [0.1, 0.15) is 16.2 Å². The Labute approximate surface area is 159 Å². The molecule has 10 heteroatoms. The lowest BCUT2D eigenvalue weighted by molar-refractivity contribution is -0.119. The second kappa shape index (κ2) is 9.25. The van der Waals surface area contributed by atoms with Crippen LogP contribution in [0.25, 0.3) is 0 Å². The Morgan fingerprint density at radius 3 is 2.85 bits per heavy atom. The molecule has 1 aromatic carbocycles. The minimum atomic E-state index is -0.534. The number of ether oxygens (including phenoxy) is 1. The molecule has 0 aliphatic rings. The molecular formula is C16H18ClN5O3S. The molecule has 2 N–H and O–H groups in total. The fourth-order valence-corrected chi connectivity index (χ4v) is 2.99. The lowest BCUT2D eigenvalue weighted by Crippen LogP contribution is -2.42. The van der Waals surface area contributed by atoms with Crippen LogP contribution < -0.4 is 15.6 Å². The van der Waals surface area contributed by atoms with Crippen LogP contribution in [0.5, 0.6) is 5.75 Å². The van der Waals surface area contributed by atoms with Crippen molar-refractivity contribution in [3.8, 4) is 5.75 Å². The maximum Gasteiger partial charge on any atom is 0.273 e. The molecule has 0 fully saturated rings. The van der Waals surface area contributed by atoms with Crippen LogP contribution >= 0.6 is 23.4 Å². The second-order valence-corrected chi connectivity index (χ2v) is 6.44. The summed E-state index contributed by atoms with van der Waals surface area (Å²) in [7, 11) is 1.44. The van der Waals surface area contributed by atoms with Crippen LogP contribution in [0.2, 0.25) is 5.02 Å². The molecule has 0 saturated carbocycles. The van der Waals surface area contributed by atoms with E-state index in [9.17, 15) is 9.59 Å². The zero-order chi connectivity index (χ0) is 19.1. The van der Waals surface area contributed by atoms with E-state index in [4.69, 9.17) is 16.3 Å². The first kappa shape index (κ1) is 19.8. The van der Waals surface area contributed by atoms with E-state index in [1.807, 2.05) is 11.5 Å². The van der Waals surface area contributed by atoms with Gasteiger partial charge in [-0.3, -0.25) is 20.4 Å². The van der Waals surface area contributed by atoms with Gasteiger partial charge in [0.15, 0.2) is 5.16 Å². The topological polar surface area (TPSA) is 98.1 Å². The standard InChI is InChI=1S/C16H18ClN5O3S/c1-4-7-22-10(2)18-21-16(22)26-9-14(23)19-20-15(24)12-8-11(17)5-6-13(12)25-3/h4-6,8H,1,7,9H2,2-3H3,(H,19,23)(H,20,24). The summed E-state index contributed by atoms with van der Waals surface area (Å²) in [6.07, 6.45) is 1.72. The van der Waals surface area contributed by atoms with Gasteiger partial charge >= 0.3 is 0 Å². The molecule has 8 nitrogen and oxygen atoms in total. The Balaban J connectivity index is 1.90. The molecule has 0 aliphatic heterocycles. The third-order valence-corrected chi connectivity index (χ3v) is 4.47. The summed E-state index contributed by atoms with van der Waals surface area (Å²) >= 11 is 7.10. The lowest BCUT2D eigenvalue weighted by atomic mass is 10.2. The fourth-order valence-electron chi connectivity index (χ4n) is 2.03. The number of methoxy groups -OCH3 is 1. The maximum absolute atomic E-state index is 12.2. The summed E-state index contributed by atoms with van der Waals surface area (Å²) < 4.78 is 6.94. The van der Waals surface area contributed by atoms with Crippen molar-refractivity contribution in [1.82, 2.24) is 25.6 Å². The fraction of sp³-hybridized carbons (Fsp3) is 0.250. The Bertz CT molecular complexity index is 824. The number of nitrogens with one attached hydrogen (secondary N) is 2. The van der Waals surface area contributed by atoms with Gasteiger partial charge in [0.2, 0.25) is 5.91 Å². The molecule has 1 heterocycles. The van der Waals surface area contributed by atoms with Gasteiger partial charge < -0.3 is 9.30 Å². The van der Waals surface area contributed by atoms with E-state index in [-0.39, 0.29) is 11.3 Å². The minimum Gasteiger partial charge on any atom is -0.496 e. The molecule has 0 unspecified atom stereocenters. The van der Waals surface area contributed by atoms with Crippen LogP contribution in [0, 0.1) is 6.92 Å². The van der Waals surface area contributed by atoms with Gasteiger partial charge in [-0.15, -0.1) is 16.8 Å². The molecule has 0 radical (unpaired) electrons. The van der Waals surface area contributed by atoms with Gasteiger partial charge in [-0.2, -0.15) is 0 Å². The number of carbonyl (C=O) groups excluding carboxylic acids is 2. The van der Waals surface area contributed by atoms with Crippen molar-refractivity contribution >= 4 is 35.2 Å². The van der Waals surface area contributed by atoms with Gasteiger partial charge in [-0.05, 0) is 25.1 Å². The number of hydrazine groups is 1. The number of aryl methyl sites for hydroxylation is 1. The number of nitrogens with zero attached hydrogens (tertiary/aromatic N) is 3. The predicted molar refractivity (Wildman–Crippen MR) is 99.3 cm³/mol. The van der Waals surface area contributed by atoms with Gasteiger partial charge in [0.05, 0.1) is 18.4 Å². The van der Waals surface area contributed by atoms with E-state index in [1.54, 1.807) is 18.2 Å². The van der Waals surface area contributed by atoms with Crippen molar-refractivity contribution in [3.05, 3.63) is 47.3 Å². The number of hydrogen-bond acceptors (Lipinski definition) is 6. The third-order valence-electron chi connectivity index (χ3n) is 3.27. The smallest absolute Gasteiger partial charge is 0.273 e. The highest BCUT2D eigenvalue weighted by Gasteiger charge is 2.15. The first-order valence-electron chi connectivity index (χ1n) is 7.52. The SMILES string of the molecule is C=CCn1c(C)nnc1SCC(=O)NNC(=O)c1cc(Cl)ccc1OC. The molecule has 2 aromatic rings. The average molecular weight is 396 g/mol. The van der Waals surface area contributed by atoms with Gasteiger partial charge in [0.25, 0.3) is 5.91 Å². The first-order valence-corrected chi connectivity index (χ1v) is 8.88. The number of amides is 2.